The number of carbonyl (C=O) groups is 1. The number of halogens is 2. The van der Waals surface area contributed by atoms with Gasteiger partial charge in [0.15, 0.2) is 11.0 Å². The van der Waals surface area contributed by atoms with Gasteiger partial charge in [-0.1, -0.05) is 29.8 Å². The summed E-state index contributed by atoms with van der Waals surface area (Å²) in [6, 6.07) is 3.14. The molecule has 1 amide bonds. The second kappa shape index (κ2) is 6.45. The van der Waals surface area contributed by atoms with Crippen LogP contribution in [-0.4, -0.2) is 17.8 Å². The van der Waals surface area contributed by atoms with Gasteiger partial charge in [0, 0.05) is 11.9 Å². The van der Waals surface area contributed by atoms with E-state index >= 15 is 0 Å². The standard InChI is InChI=1S/C12H17BrClNO2/c1-3-12(4-2,7-13)8-15-11(16)9-5-6-10(14)17-9/h5-6H,3-4,7-8H2,1-2H3,(H,15,16). The number of rotatable bonds is 6. The van der Waals surface area contributed by atoms with Crippen molar-refractivity contribution >= 4 is 33.4 Å². The summed E-state index contributed by atoms with van der Waals surface area (Å²) in [5.74, 6) is 0.0369. The van der Waals surface area contributed by atoms with Crippen LogP contribution in [0.25, 0.3) is 0 Å². The highest BCUT2D eigenvalue weighted by atomic mass is 79.9. The van der Waals surface area contributed by atoms with Crippen molar-refractivity contribution in [1.82, 2.24) is 5.32 Å². The lowest BCUT2D eigenvalue weighted by molar-refractivity contribution is 0.0904. The van der Waals surface area contributed by atoms with Gasteiger partial charge in [0.2, 0.25) is 0 Å². The van der Waals surface area contributed by atoms with Gasteiger partial charge in [-0.25, -0.2) is 0 Å². The molecule has 0 spiro atoms. The topological polar surface area (TPSA) is 42.2 Å². The molecule has 0 aromatic carbocycles. The van der Waals surface area contributed by atoms with Crippen molar-refractivity contribution in [1.29, 1.82) is 0 Å². The first-order chi connectivity index (χ1) is 8.06. The number of amides is 1. The predicted molar refractivity (Wildman–Crippen MR) is 72.9 cm³/mol. The largest absolute Gasteiger partial charge is 0.440 e. The van der Waals surface area contributed by atoms with Crippen LogP contribution >= 0.6 is 27.5 Å². The summed E-state index contributed by atoms with van der Waals surface area (Å²) in [5, 5.41) is 3.98. The third kappa shape index (κ3) is 3.75. The number of furan rings is 1. The van der Waals surface area contributed by atoms with Crippen molar-refractivity contribution in [3.05, 3.63) is 23.1 Å². The number of hydrogen-bond acceptors (Lipinski definition) is 2. The monoisotopic (exact) mass is 321 g/mol. The zero-order valence-electron chi connectivity index (χ0n) is 10.1. The van der Waals surface area contributed by atoms with Gasteiger partial charge in [0.1, 0.15) is 0 Å². The minimum absolute atomic E-state index is 0.103. The average Bonchev–Trinajstić information content (AvgIpc) is 2.78. The first-order valence-corrected chi connectivity index (χ1v) is 7.16. The third-order valence-electron chi connectivity index (χ3n) is 3.20. The lowest BCUT2D eigenvalue weighted by Crippen LogP contribution is -2.38. The van der Waals surface area contributed by atoms with Crippen molar-refractivity contribution in [3.8, 4) is 0 Å². The summed E-state index contributed by atoms with van der Waals surface area (Å²) in [6.45, 7) is 4.88. The van der Waals surface area contributed by atoms with E-state index in [1.54, 1.807) is 12.1 Å². The molecule has 3 nitrogen and oxygen atoms in total. The second-order valence-corrected chi connectivity index (χ2v) is 5.06. The molecule has 1 rings (SSSR count). The van der Waals surface area contributed by atoms with E-state index in [0.717, 1.165) is 18.2 Å². The first-order valence-electron chi connectivity index (χ1n) is 5.66. The van der Waals surface area contributed by atoms with Crippen LogP contribution in [-0.2, 0) is 0 Å². The summed E-state index contributed by atoms with van der Waals surface area (Å²) >= 11 is 9.13. The van der Waals surface area contributed by atoms with E-state index < -0.39 is 0 Å². The van der Waals surface area contributed by atoms with Gasteiger partial charge >= 0.3 is 0 Å². The van der Waals surface area contributed by atoms with Crippen LogP contribution in [0.2, 0.25) is 5.22 Å². The lowest BCUT2D eigenvalue weighted by Gasteiger charge is -2.29. The summed E-state index contributed by atoms with van der Waals surface area (Å²) in [5.41, 5.74) is 0.103. The number of hydrogen-bond donors (Lipinski definition) is 1. The number of alkyl halides is 1. The zero-order chi connectivity index (χ0) is 12.9. The first kappa shape index (κ1) is 14.6. The molecule has 1 N–H and O–H groups in total. The molecule has 1 aromatic heterocycles. The molecular formula is C12H17BrClNO2. The van der Waals surface area contributed by atoms with Gasteiger partial charge in [0.25, 0.3) is 5.91 Å². The van der Waals surface area contributed by atoms with Gasteiger partial charge in [-0.05, 0) is 42.0 Å². The fourth-order valence-corrected chi connectivity index (χ4v) is 2.66. The summed E-state index contributed by atoms with van der Waals surface area (Å²) in [4.78, 5) is 11.8. The predicted octanol–water partition coefficient (Wildman–Crippen LogP) is 3.86. The molecule has 0 aliphatic carbocycles. The Kier molecular flexibility index (Phi) is 5.53. The molecule has 96 valence electrons. The highest BCUT2D eigenvalue weighted by molar-refractivity contribution is 9.09. The molecule has 1 aromatic rings. The minimum Gasteiger partial charge on any atom is -0.440 e. The van der Waals surface area contributed by atoms with Gasteiger partial charge in [-0.15, -0.1) is 0 Å². The van der Waals surface area contributed by atoms with Gasteiger partial charge in [-0.2, -0.15) is 0 Å². The Bertz CT molecular complexity index is 366. The number of carbonyl (C=O) groups excluding carboxylic acids is 1. The smallest absolute Gasteiger partial charge is 0.287 e. The number of nitrogens with one attached hydrogen (secondary N) is 1. The van der Waals surface area contributed by atoms with Gasteiger partial charge in [0.05, 0.1) is 0 Å². The zero-order valence-corrected chi connectivity index (χ0v) is 12.4. The normalized spacial score (nSPS) is 11.5. The molecule has 0 bridgehead atoms. The van der Waals surface area contributed by atoms with Gasteiger partial charge < -0.3 is 9.73 Å². The Morgan fingerprint density at radius 3 is 2.53 bits per heavy atom. The molecule has 0 saturated heterocycles. The Morgan fingerprint density at radius 1 is 1.47 bits per heavy atom. The average molecular weight is 323 g/mol. The maximum absolute atomic E-state index is 11.8. The Hall–Kier alpha value is -0.480. The van der Waals surface area contributed by atoms with Crippen molar-refractivity contribution in [3.63, 3.8) is 0 Å². The molecule has 17 heavy (non-hydrogen) atoms. The van der Waals surface area contributed by atoms with Crippen molar-refractivity contribution < 1.29 is 9.21 Å². The van der Waals surface area contributed by atoms with Crippen LogP contribution in [0.5, 0.6) is 0 Å². The Morgan fingerprint density at radius 2 is 2.12 bits per heavy atom. The van der Waals surface area contributed by atoms with Crippen LogP contribution in [0.3, 0.4) is 0 Å². The lowest BCUT2D eigenvalue weighted by atomic mass is 9.84. The molecule has 0 aliphatic heterocycles. The SMILES string of the molecule is CCC(CC)(CBr)CNC(=O)c1ccc(Cl)o1. The van der Waals surface area contributed by atoms with E-state index in [-0.39, 0.29) is 22.3 Å². The van der Waals surface area contributed by atoms with Crippen molar-refractivity contribution in [2.45, 2.75) is 26.7 Å². The maximum atomic E-state index is 11.8. The van der Waals surface area contributed by atoms with E-state index in [9.17, 15) is 4.79 Å². The summed E-state index contributed by atoms with van der Waals surface area (Å²) in [7, 11) is 0. The molecule has 0 atom stereocenters. The van der Waals surface area contributed by atoms with Crippen LogP contribution < -0.4 is 5.32 Å². The fourth-order valence-electron chi connectivity index (χ4n) is 1.53. The molecule has 0 unspecified atom stereocenters. The quantitative estimate of drug-likeness (QED) is 0.808. The molecule has 1 heterocycles. The molecule has 5 heteroatoms. The highest BCUT2D eigenvalue weighted by Crippen LogP contribution is 2.27. The molecule has 0 aliphatic rings. The second-order valence-electron chi connectivity index (χ2n) is 4.13. The molecular weight excluding hydrogens is 305 g/mol. The van der Waals surface area contributed by atoms with E-state index in [0.29, 0.717) is 6.54 Å². The highest BCUT2D eigenvalue weighted by Gasteiger charge is 2.26. The minimum atomic E-state index is -0.218. The van der Waals surface area contributed by atoms with E-state index in [1.165, 1.54) is 0 Å². The Labute approximate surface area is 115 Å². The fraction of sp³-hybridized carbons (Fsp3) is 0.583. The summed E-state index contributed by atoms with van der Waals surface area (Å²) < 4.78 is 5.05. The van der Waals surface area contributed by atoms with E-state index in [1.807, 2.05) is 0 Å². The van der Waals surface area contributed by atoms with Crippen LogP contribution in [0, 0.1) is 5.41 Å². The van der Waals surface area contributed by atoms with Crippen LogP contribution in [0.1, 0.15) is 37.2 Å². The van der Waals surface area contributed by atoms with Crippen LogP contribution in [0.15, 0.2) is 16.5 Å². The van der Waals surface area contributed by atoms with Crippen molar-refractivity contribution in [2.75, 3.05) is 11.9 Å². The summed E-state index contributed by atoms with van der Waals surface area (Å²) in [6.07, 6.45) is 2.02. The van der Waals surface area contributed by atoms with Crippen LogP contribution in [0.4, 0.5) is 0 Å². The molecule has 0 radical (unpaired) electrons. The maximum Gasteiger partial charge on any atom is 0.287 e. The van der Waals surface area contributed by atoms with Crippen molar-refractivity contribution in [2.24, 2.45) is 5.41 Å². The van der Waals surface area contributed by atoms with Gasteiger partial charge in [-0.3, -0.25) is 4.79 Å². The van der Waals surface area contributed by atoms with E-state index in [4.69, 9.17) is 16.0 Å². The third-order valence-corrected chi connectivity index (χ3v) is 4.60. The molecule has 0 fully saturated rings. The van der Waals surface area contributed by atoms with E-state index in [2.05, 4.69) is 35.1 Å². The molecule has 0 saturated carbocycles. The Balaban J connectivity index is 2.58.